The van der Waals surface area contributed by atoms with Crippen molar-refractivity contribution in [1.29, 1.82) is 0 Å². The molecule has 1 rings (SSSR count). The highest BCUT2D eigenvalue weighted by Crippen LogP contribution is 2.26. The summed E-state index contributed by atoms with van der Waals surface area (Å²) < 4.78 is 24.7. The van der Waals surface area contributed by atoms with Crippen molar-refractivity contribution in [1.82, 2.24) is 14.9 Å². The molecule has 7 heteroatoms. The van der Waals surface area contributed by atoms with E-state index in [0.717, 1.165) is 24.8 Å². The van der Waals surface area contributed by atoms with Gasteiger partial charge in [0.25, 0.3) is 0 Å². The molecule has 0 spiro atoms. The van der Waals surface area contributed by atoms with Gasteiger partial charge in [-0.15, -0.1) is 0 Å². The van der Waals surface area contributed by atoms with Crippen LogP contribution < -0.4 is 10.6 Å². The van der Waals surface area contributed by atoms with Gasteiger partial charge in [0.1, 0.15) is 0 Å². The van der Waals surface area contributed by atoms with E-state index in [0.29, 0.717) is 13.1 Å². The molecule has 142 valence electrons. The largest absolute Gasteiger partial charge is 0.356 e. The lowest BCUT2D eigenvalue weighted by atomic mass is 9.86. The molecule has 1 aliphatic carbocycles. The van der Waals surface area contributed by atoms with Crippen molar-refractivity contribution >= 4 is 16.0 Å². The fourth-order valence-electron chi connectivity index (χ4n) is 3.16. The van der Waals surface area contributed by atoms with E-state index in [2.05, 4.69) is 15.6 Å². The van der Waals surface area contributed by atoms with Crippen LogP contribution in [0, 0.1) is 5.92 Å². The minimum atomic E-state index is -3.07. The van der Waals surface area contributed by atoms with Crippen molar-refractivity contribution in [3.63, 3.8) is 0 Å². The van der Waals surface area contributed by atoms with Crippen LogP contribution >= 0.6 is 0 Å². The van der Waals surface area contributed by atoms with Crippen LogP contribution in [-0.4, -0.2) is 58.2 Å². The summed E-state index contributed by atoms with van der Waals surface area (Å²) in [7, 11) is 0.331. The summed E-state index contributed by atoms with van der Waals surface area (Å²) in [6, 6.07) is 0. The lowest BCUT2D eigenvalue weighted by molar-refractivity contribution is 0.332. The molecule has 0 aromatic rings. The Morgan fingerprint density at radius 2 is 1.75 bits per heavy atom. The van der Waals surface area contributed by atoms with Gasteiger partial charge in [0.15, 0.2) is 5.96 Å². The minimum Gasteiger partial charge on any atom is -0.356 e. The summed E-state index contributed by atoms with van der Waals surface area (Å²) >= 11 is 0. The van der Waals surface area contributed by atoms with Gasteiger partial charge in [0, 0.05) is 33.7 Å². The Bertz CT molecular complexity index is 459. The second-order valence-corrected chi connectivity index (χ2v) is 9.01. The van der Waals surface area contributed by atoms with E-state index in [-0.39, 0.29) is 5.75 Å². The smallest absolute Gasteiger partial charge is 0.213 e. The lowest BCUT2D eigenvalue weighted by Gasteiger charge is -2.21. The van der Waals surface area contributed by atoms with Gasteiger partial charge >= 0.3 is 0 Å². The average molecular weight is 361 g/mol. The van der Waals surface area contributed by atoms with Crippen LogP contribution in [-0.2, 0) is 10.0 Å². The van der Waals surface area contributed by atoms with Gasteiger partial charge in [-0.2, -0.15) is 0 Å². The van der Waals surface area contributed by atoms with Crippen LogP contribution in [0.3, 0.4) is 0 Å². The van der Waals surface area contributed by atoms with Crippen molar-refractivity contribution in [3.05, 3.63) is 0 Å². The summed E-state index contributed by atoms with van der Waals surface area (Å²) in [4.78, 5) is 4.22. The second-order valence-electron chi connectivity index (χ2n) is 6.65. The quantitative estimate of drug-likeness (QED) is 0.356. The van der Waals surface area contributed by atoms with Gasteiger partial charge in [-0.05, 0) is 32.1 Å². The predicted octanol–water partition coefficient (Wildman–Crippen LogP) is 2.18. The standard InChI is InChI=1S/C17H36N4O2S/c1-4-24(22,23)21(3)15-9-14-20-17(18-2)19-13-8-12-16-10-6-5-7-11-16/h16H,4-15H2,1-3H3,(H2,18,19,20). The molecule has 0 heterocycles. The zero-order valence-corrected chi connectivity index (χ0v) is 16.5. The van der Waals surface area contributed by atoms with Gasteiger partial charge < -0.3 is 10.6 Å². The molecule has 1 fully saturated rings. The van der Waals surface area contributed by atoms with E-state index < -0.39 is 10.0 Å². The molecule has 0 amide bonds. The highest BCUT2D eigenvalue weighted by atomic mass is 32.2. The van der Waals surface area contributed by atoms with Crippen molar-refractivity contribution < 1.29 is 8.42 Å². The molecule has 24 heavy (non-hydrogen) atoms. The van der Waals surface area contributed by atoms with E-state index in [9.17, 15) is 8.42 Å². The maximum Gasteiger partial charge on any atom is 0.213 e. The molecular weight excluding hydrogens is 324 g/mol. The number of sulfonamides is 1. The molecule has 1 aliphatic rings. The molecular formula is C17H36N4O2S. The summed E-state index contributed by atoms with van der Waals surface area (Å²) in [5, 5.41) is 6.60. The Hall–Kier alpha value is -0.820. The Labute approximate surface area is 148 Å². The SMILES string of the molecule is CCS(=O)(=O)N(C)CCCNC(=NC)NCCCC1CCCCC1. The fourth-order valence-corrected chi connectivity index (χ4v) is 4.01. The first-order chi connectivity index (χ1) is 11.5. The van der Waals surface area contributed by atoms with Crippen LogP contribution in [0.15, 0.2) is 4.99 Å². The Morgan fingerprint density at radius 3 is 2.33 bits per heavy atom. The summed E-state index contributed by atoms with van der Waals surface area (Å²) in [5.41, 5.74) is 0. The molecule has 0 aromatic carbocycles. The molecule has 0 aromatic heterocycles. The van der Waals surface area contributed by atoms with Gasteiger partial charge in [-0.25, -0.2) is 12.7 Å². The molecule has 0 radical (unpaired) electrons. The number of hydrogen-bond donors (Lipinski definition) is 2. The third kappa shape index (κ3) is 8.33. The van der Waals surface area contributed by atoms with E-state index >= 15 is 0 Å². The predicted molar refractivity (Wildman–Crippen MR) is 102 cm³/mol. The van der Waals surface area contributed by atoms with E-state index in [1.165, 1.54) is 49.3 Å². The monoisotopic (exact) mass is 360 g/mol. The Morgan fingerprint density at radius 1 is 1.12 bits per heavy atom. The highest BCUT2D eigenvalue weighted by Gasteiger charge is 2.14. The molecule has 0 atom stereocenters. The minimum absolute atomic E-state index is 0.154. The van der Waals surface area contributed by atoms with Gasteiger partial charge in [-0.3, -0.25) is 4.99 Å². The van der Waals surface area contributed by atoms with Gasteiger partial charge in [0.05, 0.1) is 5.75 Å². The number of nitrogens with zero attached hydrogens (tertiary/aromatic N) is 2. The highest BCUT2D eigenvalue weighted by molar-refractivity contribution is 7.89. The van der Waals surface area contributed by atoms with Crippen LogP contribution in [0.25, 0.3) is 0 Å². The maximum atomic E-state index is 11.7. The third-order valence-corrected chi connectivity index (χ3v) is 6.67. The molecule has 6 nitrogen and oxygen atoms in total. The zero-order chi connectivity index (χ0) is 17.8. The summed E-state index contributed by atoms with van der Waals surface area (Å²) in [6.07, 6.45) is 10.3. The molecule has 2 N–H and O–H groups in total. The van der Waals surface area contributed by atoms with Crippen LogP contribution in [0.1, 0.15) is 58.3 Å². The first-order valence-electron chi connectivity index (χ1n) is 9.38. The normalized spacial score (nSPS) is 17.2. The first-order valence-corrected chi connectivity index (χ1v) is 11.0. The number of hydrogen-bond acceptors (Lipinski definition) is 3. The van der Waals surface area contributed by atoms with E-state index in [1.54, 1.807) is 21.0 Å². The Kier molecular flexibility index (Phi) is 10.3. The molecule has 0 bridgehead atoms. The van der Waals surface area contributed by atoms with Crippen LogP contribution in [0.5, 0.6) is 0 Å². The topological polar surface area (TPSA) is 73.8 Å². The fraction of sp³-hybridized carbons (Fsp3) is 0.941. The van der Waals surface area contributed by atoms with Gasteiger partial charge in [0.2, 0.25) is 10.0 Å². The summed E-state index contributed by atoms with van der Waals surface area (Å²) in [5.74, 6) is 1.88. The second kappa shape index (κ2) is 11.7. The molecule has 0 aliphatic heterocycles. The van der Waals surface area contributed by atoms with E-state index in [1.807, 2.05) is 0 Å². The average Bonchev–Trinajstić information content (AvgIpc) is 2.60. The number of guanidine groups is 1. The molecule has 1 saturated carbocycles. The number of aliphatic imine (C=N–C) groups is 1. The van der Waals surface area contributed by atoms with E-state index in [4.69, 9.17) is 0 Å². The van der Waals surface area contributed by atoms with Gasteiger partial charge in [-0.1, -0.05) is 32.1 Å². The number of nitrogens with one attached hydrogen (secondary N) is 2. The Balaban J connectivity index is 2.10. The zero-order valence-electron chi connectivity index (χ0n) is 15.7. The lowest BCUT2D eigenvalue weighted by Crippen LogP contribution is -2.39. The van der Waals surface area contributed by atoms with Crippen LogP contribution in [0.4, 0.5) is 0 Å². The van der Waals surface area contributed by atoms with Crippen molar-refractivity contribution in [2.75, 3.05) is 39.5 Å². The first kappa shape index (κ1) is 21.2. The van der Waals surface area contributed by atoms with Crippen molar-refractivity contribution in [2.24, 2.45) is 10.9 Å². The van der Waals surface area contributed by atoms with Crippen molar-refractivity contribution in [2.45, 2.75) is 58.3 Å². The number of rotatable bonds is 10. The summed E-state index contributed by atoms with van der Waals surface area (Å²) in [6.45, 7) is 3.86. The molecule has 0 saturated heterocycles. The van der Waals surface area contributed by atoms with Crippen LogP contribution in [0.2, 0.25) is 0 Å². The van der Waals surface area contributed by atoms with Crippen molar-refractivity contribution in [3.8, 4) is 0 Å². The maximum absolute atomic E-state index is 11.7. The third-order valence-electron chi connectivity index (χ3n) is 4.81. The molecule has 0 unspecified atom stereocenters.